The van der Waals surface area contributed by atoms with Gasteiger partial charge in [0.15, 0.2) is 0 Å². The number of benzene rings is 1. The summed E-state index contributed by atoms with van der Waals surface area (Å²) < 4.78 is 5.29. The molecule has 22 heavy (non-hydrogen) atoms. The van der Waals surface area contributed by atoms with E-state index < -0.39 is 17.2 Å². The largest absolute Gasteiger partial charge is 0.444 e. The lowest BCUT2D eigenvalue weighted by Crippen LogP contribution is -2.29. The lowest BCUT2D eigenvalue weighted by atomic mass is 9.87. The minimum Gasteiger partial charge on any atom is -0.444 e. The molecule has 0 spiro atoms. The lowest BCUT2D eigenvalue weighted by Gasteiger charge is -2.26. The summed E-state index contributed by atoms with van der Waals surface area (Å²) in [6.45, 7) is 5.44. The second-order valence-corrected chi connectivity index (χ2v) is 6.61. The Kier molecular flexibility index (Phi) is 4.67. The average Bonchev–Trinajstić information content (AvgIpc) is 2.87. The Labute approximate surface area is 130 Å². The zero-order valence-electron chi connectivity index (χ0n) is 13.3. The molecule has 0 radical (unpaired) electrons. The van der Waals surface area contributed by atoms with Crippen LogP contribution in [0, 0.1) is 0 Å². The van der Waals surface area contributed by atoms with Crippen molar-refractivity contribution in [2.45, 2.75) is 57.6 Å². The maximum Gasteiger partial charge on any atom is 0.412 e. The van der Waals surface area contributed by atoms with Crippen molar-refractivity contribution in [3.8, 4) is 0 Å². The zero-order valence-corrected chi connectivity index (χ0v) is 13.3. The van der Waals surface area contributed by atoms with E-state index in [0.717, 1.165) is 31.2 Å². The molecule has 5 nitrogen and oxygen atoms in total. The molecule has 1 aromatic carbocycles. The first-order valence-electron chi connectivity index (χ1n) is 7.55. The normalized spacial score (nSPS) is 16.7. The summed E-state index contributed by atoms with van der Waals surface area (Å²) in [6, 6.07) is 7.43. The molecule has 0 heterocycles. The number of para-hydroxylation sites is 1. The van der Waals surface area contributed by atoms with Gasteiger partial charge in [0.25, 0.3) is 0 Å². The smallest absolute Gasteiger partial charge is 0.412 e. The van der Waals surface area contributed by atoms with Gasteiger partial charge in [0.05, 0.1) is 0 Å². The molecule has 118 valence electrons. The van der Waals surface area contributed by atoms with Crippen molar-refractivity contribution in [3.05, 3.63) is 29.8 Å². The van der Waals surface area contributed by atoms with Crippen molar-refractivity contribution in [2.24, 2.45) is 4.99 Å². The molecule has 0 saturated heterocycles. The van der Waals surface area contributed by atoms with Gasteiger partial charge in [-0.05, 0) is 39.7 Å². The Morgan fingerprint density at radius 1 is 1.27 bits per heavy atom. The first-order chi connectivity index (χ1) is 10.4. The number of carbonyl (C=O) groups is 1. The fourth-order valence-corrected chi connectivity index (χ4v) is 2.90. The summed E-state index contributed by atoms with van der Waals surface area (Å²) in [4.78, 5) is 26.9. The number of ether oxygens (including phenoxy) is 1. The van der Waals surface area contributed by atoms with E-state index in [4.69, 9.17) is 4.74 Å². The van der Waals surface area contributed by atoms with Crippen molar-refractivity contribution >= 4 is 17.9 Å². The fourth-order valence-electron chi connectivity index (χ4n) is 2.90. The molecule has 0 bridgehead atoms. The predicted octanol–water partition coefficient (Wildman–Crippen LogP) is 4.14. The molecule has 1 aliphatic rings. The molecule has 1 saturated carbocycles. The molecule has 1 N–H and O–H groups in total. The molecule has 0 aliphatic heterocycles. The van der Waals surface area contributed by atoms with E-state index in [9.17, 15) is 9.59 Å². The third kappa shape index (κ3) is 3.74. The number of amides is 1. The number of carbonyl (C=O) groups excluding carboxylic acids is 2. The van der Waals surface area contributed by atoms with E-state index in [1.165, 1.54) is 0 Å². The molecule has 1 amide bonds. The number of nitrogens with zero attached hydrogens (tertiary/aromatic N) is 1. The molecule has 5 heteroatoms. The fraction of sp³-hybridized carbons (Fsp3) is 0.529. The van der Waals surface area contributed by atoms with Gasteiger partial charge in [-0.2, -0.15) is 4.99 Å². The summed E-state index contributed by atoms with van der Waals surface area (Å²) in [5.74, 6) is 0. The van der Waals surface area contributed by atoms with E-state index in [-0.39, 0.29) is 0 Å². The molecular formula is C17H22N2O3. The average molecular weight is 302 g/mol. The maximum absolute atomic E-state index is 12.0. The first-order valence-corrected chi connectivity index (χ1v) is 7.55. The second-order valence-electron chi connectivity index (χ2n) is 6.61. The Bertz CT molecular complexity index is 592. The van der Waals surface area contributed by atoms with Crippen molar-refractivity contribution in [3.63, 3.8) is 0 Å². The highest BCUT2D eigenvalue weighted by Gasteiger charge is 2.37. The highest BCUT2D eigenvalue weighted by molar-refractivity contribution is 5.86. The number of hydrogen-bond acceptors (Lipinski definition) is 4. The maximum atomic E-state index is 12.0. The van der Waals surface area contributed by atoms with Crippen molar-refractivity contribution in [2.75, 3.05) is 5.32 Å². The lowest BCUT2D eigenvalue weighted by molar-refractivity contribution is 0.0635. The van der Waals surface area contributed by atoms with Crippen molar-refractivity contribution < 1.29 is 14.3 Å². The highest BCUT2D eigenvalue weighted by Crippen LogP contribution is 2.44. The van der Waals surface area contributed by atoms with E-state index in [1.54, 1.807) is 12.1 Å². The SMILES string of the molecule is CC(C)(C)OC(=O)Nc1ccccc1C1(N=C=O)CCCC1. The molecule has 0 atom stereocenters. The van der Waals surface area contributed by atoms with Crippen LogP contribution in [0.25, 0.3) is 0 Å². The standard InChI is InChI=1S/C17H22N2O3/c1-16(2,3)22-15(21)19-14-9-5-4-8-13(14)17(18-12-20)10-6-7-11-17/h4-5,8-9H,6-7,10-11H2,1-3H3,(H,19,21). The van der Waals surface area contributed by atoms with Crippen LogP contribution < -0.4 is 5.32 Å². The predicted molar refractivity (Wildman–Crippen MR) is 84.6 cm³/mol. The van der Waals surface area contributed by atoms with E-state index >= 15 is 0 Å². The molecule has 1 aromatic rings. The minimum absolute atomic E-state index is 0.511. The topological polar surface area (TPSA) is 67.8 Å². The minimum atomic E-state index is -0.576. The van der Waals surface area contributed by atoms with Gasteiger partial charge in [-0.15, -0.1) is 0 Å². The van der Waals surface area contributed by atoms with Gasteiger partial charge in [-0.25, -0.2) is 9.59 Å². The number of rotatable bonds is 3. The van der Waals surface area contributed by atoms with Gasteiger partial charge < -0.3 is 4.74 Å². The zero-order chi connectivity index (χ0) is 16.2. The van der Waals surface area contributed by atoms with Gasteiger partial charge >= 0.3 is 6.09 Å². The Morgan fingerprint density at radius 2 is 1.91 bits per heavy atom. The van der Waals surface area contributed by atoms with E-state index in [0.29, 0.717) is 5.69 Å². The molecular weight excluding hydrogens is 280 g/mol. The number of hydrogen-bond donors (Lipinski definition) is 1. The molecule has 0 unspecified atom stereocenters. The summed E-state index contributed by atoms with van der Waals surface area (Å²) >= 11 is 0. The van der Waals surface area contributed by atoms with Crippen molar-refractivity contribution in [1.82, 2.24) is 0 Å². The Morgan fingerprint density at radius 3 is 2.50 bits per heavy atom. The van der Waals surface area contributed by atoms with Crippen LogP contribution in [0.1, 0.15) is 52.0 Å². The van der Waals surface area contributed by atoms with Gasteiger partial charge in [0.2, 0.25) is 6.08 Å². The van der Waals surface area contributed by atoms with Crippen LogP contribution in [0.5, 0.6) is 0 Å². The summed E-state index contributed by atoms with van der Waals surface area (Å²) in [7, 11) is 0. The van der Waals surface area contributed by atoms with E-state index in [2.05, 4.69) is 10.3 Å². The highest BCUT2D eigenvalue weighted by atomic mass is 16.6. The number of isocyanates is 1. The van der Waals surface area contributed by atoms with Crippen LogP contribution in [-0.4, -0.2) is 17.8 Å². The van der Waals surface area contributed by atoms with Crippen LogP contribution >= 0.6 is 0 Å². The van der Waals surface area contributed by atoms with Gasteiger partial charge in [-0.3, -0.25) is 5.32 Å². The van der Waals surface area contributed by atoms with Crippen LogP contribution in [0.3, 0.4) is 0 Å². The second kappa shape index (κ2) is 6.32. The number of aliphatic imine (C=N–C) groups is 1. The quantitative estimate of drug-likeness (QED) is 0.674. The van der Waals surface area contributed by atoms with Gasteiger partial charge in [0.1, 0.15) is 11.1 Å². The summed E-state index contributed by atoms with van der Waals surface area (Å²) in [5, 5.41) is 2.78. The first kappa shape index (κ1) is 16.2. The Balaban J connectivity index is 2.30. The third-order valence-electron chi connectivity index (χ3n) is 3.75. The molecule has 1 aliphatic carbocycles. The van der Waals surface area contributed by atoms with E-state index in [1.807, 2.05) is 39.0 Å². The van der Waals surface area contributed by atoms with Crippen LogP contribution in [0.4, 0.5) is 10.5 Å². The number of anilines is 1. The monoisotopic (exact) mass is 302 g/mol. The molecule has 2 rings (SSSR count). The third-order valence-corrected chi connectivity index (χ3v) is 3.75. The van der Waals surface area contributed by atoms with Gasteiger partial charge in [0, 0.05) is 11.3 Å². The number of nitrogens with one attached hydrogen (secondary N) is 1. The van der Waals surface area contributed by atoms with Crippen LogP contribution in [0.15, 0.2) is 29.3 Å². The van der Waals surface area contributed by atoms with Crippen LogP contribution in [0.2, 0.25) is 0 Å². The summed E-state index contributed by atoms with van der Waals surface area (Å²) in [6.07, 6.45) is 4.77. The molecule has 0 aromatic heterocycles. The van der Waals surface area contributed by atoms with Gasteiger partial charge in [-0.1, -0.05) is 31.0 Å². The molecule has 1 fully saturated rings. The summed E-state index contributed by atoms with van der Waals surface area (Å²) in [5.41, 5.74) is 0.345. The van der Waals surface area contributed by atoms with Crippen molar-refractivity contribution in [1.29, 1.82) is 0 Å². The Hall–Kier alpha value is -2.13. The van der Waals surface area contributed by atoms with Crippen LogP contribution in [-0.2, 0) is 15.1 Å².